The maximum atomic E-state index is 12.3. The summed E-state index contributed by atoms with van der Waals surface area (Å²) >= 11 is 0. The highest BCUT2D eigenvalue weighted by Crippen LogP contribution is 2.30. The van der Waals surface area contributed by atoms with Gasteiger partial charge in [-0.3, -0.25) is 0 Å². The van der Waals surface area contributed by atoms with E-state index < -0.39 is 11.9 Å². The van der Waals surface area contributed by atoms with E-state index in [2.05, 4.69) is 10.3 Å². The van der Waals surface area contributed by atoms with E-state index in [0.29, 0.717) is 18.2 Å². The van der Waals surface area contributed by atoms with Gasteiger partial charge in [-0.2, -0.15) is 13.2 Å². The zero-order valence-electron chi connectivity index (χ0n) is 9.87. The maximum Gasteiger partial charge on any atom is 0.433 e. The number of aromatic nitrogens is 1. The fourth-order valence-corrected chi connectivity index (χ4v) is 2.37. The molecule has 1 aromatic rings. The van der Waals surface area contributed by atoms with Crippen molar-refractivity contribution in [2.45, 2.75) is 31.5 Å². The Morgan fingerprint density at radius 3 is 2.67 bits per heavy atom. The van der Waals surface area contributed by atoms with Gasteiger partial charge in [0.2, 0.25) is 0 Å². The molecule has 6 heteroatoms. The zero-order chi connectivity index (χ0) is 13.2. The van der Waals surface area contributed by atoms with Crippen LogP contribution in [0.25, 0.3) is 0 Å². The minimum Gasteiger partial charge on any atom is -0.381 e. The number of nitrogens with zero attached hydrogens (tertiary/aromatic N) is 1. The van der Waals surface area contributed by atoms with Crippen molar-refractivity contribution in [1.82, 2.24) is 4.98 Å². The Bertz CT molecular complexity index is 389. The number of alkyl halides is 3. The lowest BCUT2D eigenvalue weighted by Gasteiger charge is -2.20. The van der Waals surface area contributed by atoms with Crippen LogP contribution >= 0.6 is 0 Å². The van der Waals surface area contributed by atoms with Crippen LogP contribution < -0.4 is 11.1 Å². The Kier molecular flexibility index (Phi) is 3.75. The summed E-state index contributed by atoms with van der Waals surface area (Å²) in [4.78, 5) is 3.42. The van der Waals surface area contributed by atoms with Crippen LogP contribution in [0.1, 0.15) is 25.0 Å². The highest BCUT2D eigenvalue weighted by atomic mass is 19.4. The molecular weight excluding hydrogens is 243 g/mol. The van der Waals surface area contributed by atoms with Crippen LogP contribution in [0.2, 0.25) is 0 Å². The summed E-state index contributed by atoms with van der Waals surface area (Å²) < 4.78 is 37.0. The van der Waals surface area contributed by atoms with Gasteiger partial charge < -0.3 is 11.1 Å². The second-order valence-corrected chi connectivity index (χ2v) is 4.61. The first-order chi connectivity index (χ1) is 8.50. The van der Waals surface area contributed by atoms with Crippen LogP contribution in [0.5, 0.6) is 0 Å². The van der Waals surface area contributed by atoms with E-state index in [0.717, 1.165) is 25.3 Å². The molecule has 0 saturated heterocycles. The normalized spacial score (nSPS) is 24.2. The molecule has 3 nitrogen and oxygen atoms in total. The van der Waals surface area contributed by atoms with Crippen molar-refractivity contribution in [3.05, 3.63) is 24.0 Å². The summed E-state index contributed by atoms with van der Waals surface area (Å²) in [6.45, 7) is 0.603. The Morgan fingerprint density at radius 2 is 2.11 bits per heavy atom. The van der Waals surface area contributed by atoms with Crippen molar-refractivity contribution in [3.63, 3.8) is 0 Å². The number of halogens is 3. The molecule has 0 aliphatic heterocycles. The van der Waals surface area contributed by atoms with Gasteiger partial charge in [0.05, 0.1) is 11.9 Å². The van der Waals surface area contributed by atoms with Gasteiger partial charge in [-0.15, -0.1) is 0 Å². The first kappa shape index (κ1) is 13.1. The predicted octanol–water partition coefficient (Wildman–Crippen LogP) is 2.64. The predicted molar refractivity (Wildman–Crippen MR) is 63.0 cm³/mol. The van der Waals surface area contributed by atoms with Gasteiger partial charge in [-0.05, 0) is 37.4 Å². The van der Waals surface area contributed by atoms with Gasteiger partial charge in [-0.1, -0.05) is 6.42 Å². The molecular formula is C12H16F3N3. The topological polar surface area (TPSA) is 50.9 Å². The summed E-state index contributed by atoms with van der Waals surface area (Å²) in [6, 6.07) is 2.66. The second kappa shape index (κ2) is 5.14. The SMILES string of the molecule is NCC1CCCC1Nc1ccc(C(F)(F)F)nc1. The average Bonchev–Trinajstić information content (AvgIpc) is 2.76. The average molecular weight is 259 g/mol. The number of hydrogen-bond donors (Lipinski definition) is 2. The molecule has 2 atom stereocenters. The van der Waals surface area contributed by atoms with Crippen LogP contribution in [0.3, 0.4) is 0 Å². The number of rotatable bonds is 3. The number of hydrogen-bond acceptors (Lipinski definition) is 3. The third kappa shape index (κ3) is 2.93. The first-order valence-corrected chi connectivity index (χ1v) is 6.00. The molecule has 1 aromatic heterocycles. The van der Waals surface area contributed by atoms with E-state index >= 15 is 0 Å². The molecule has 2 rings (SSSR count). The van der Waals surface area contributed by atoms with Gasteiger partial charge in [-0.25, -0.2) is 4.98 Å². The molecule has 1 heterocycles. The van der Waals surface area contributed by atoms with Gasteiger partial charge >= 0.3 is 6.18 Å². The highest BCUT2D eigenvalue weighted by Gasteiger charge is 2.32. The van der Waals surface area contributed by atoms with E-state index in [-0.39, 0.29) is 6.04 Å². The van der Waals surface area contributed by atoms with Crippen LogP contribution in [-0.2, 0) is 6.18 Å². The molecule has 1 aliphatic carbocycles. The molecule has 18 heavy (non-hydrogen) atoms. The van der Waals surface area contributed by atoms with Crippen LogP contribution in [-0.4, -0.2) is 17.6 Å². The maximum absolute atomic E-state index is 12.3. The van der Waals surface area contributed by atoms with E-state index in [1.165, 1.54) is 12.3 Å². The molecule has 3 N–H and O–H groups in total. The molecule has 0 radical (unpaired) electrons. The largest absolute Gasteiger partial charge is 0.433 e. The fourth-order valence-electron chi connectivity index (χ4n) is 2.37. The lowest BCUT2D eigenvalue weighted by Crippen LogP contribution is -2.29. The fraction of sp³-hybridized carbons (Fsp3) is 0.583. The molecule has 1 aliphatic rings. The van der Waals surface area contributed by atoms with Crippen molar-refractivity contribution in [2.24, 2.45) is 11.7 Å². The second-order valence-electron chi connectivity index (χ2n) is 4.61. The quantitative estimate of drug-likeness (QED) is 0.877. The Labute approximate surface area is 104 Å². The standard InChI is InChI=1S/C12H16F3N3/c13-12(14,15)11-5-4-9(7-17-11)18-10-3-1-2-8(10)6-16/h4-5,7-8,10,18H,1-3,6,16H2. The molecule has 0 bridgehead atoms. The van der Waals surface area contributed by atoms with Gasteiger partial charge in [0.1, 0.15) is 5.69 Å². The molecule has 0 aromatic carbocycles. The first-order valence-electron chi connectivity index (χ1n) is 6.00. The minimum absolute atomic E-state index is 0.244. The summed E-state index contributed by atoms with van der Waals surface area (Å²) in [5.41, 5.74) is 5.41. The number of pyridine rings is 1. The van der Waals surface area contributed by atoms with Crippen LogP contribution in [0.4, 0.5) is 18.9 Å². The monoisotopic (exact) mass is 259 g/mol. The van der Waals surface area contributed by atoms with Crippen molar-refractivity contribution in [3.8, 4) is 0 Å². The van der Waals surface area contributed by atoms with Crippen molar-refractivity contribution >= 4 is 5.69 Å². The minimum atomic E-state index is -4.38. The summed E-state index contributed by atoms with van der Waals surface area (Å²) in [5, 5.41) is 3.21. The van der Waals surface area contributed by atoms with E-state index in [4.69, 9.17) is 5.73 Å². The smallest absolute Gasteiger partial charge is 0.381 e. The van der Waals surface area contributed by atoms with E-state index in [9.17, 15) is 13.2 Å². The number of nitrogens with two attached hydrogens (primary N) is 1. The lowest BCUT2D eigenvalue weighted by molar-refractivity contribution is -0.141. The number of nitrogens with one attached hydrogen (secondary N) is 1. The Balaban J connectivity index is 2.02. The summed E-state index contributed by atoms with van der Waals surface area (Å²) in [5.74, 6) is 0.396. The molecule has 1 fully saturated rings. The summed E-state index contributed by atoms with van der Waals surface area (Å²) in [6.07, 6.45) is 0.0269. The Morgan fingerprint density at radius 1 is 1.33 bits per heavy atom. The van der Waals surface area contributed by atoms with Crippen LogP contribution in [0.15, 0.2) is 18.3 Å². The van der Waals surface area contributed by atoms with E-state index in [1.807, 2.05) is 0 Å². The summed E-state index contributed by atoms with van der Waals surface area (Å²) in [7, 11) is 0. The van der Waals surface area contributed by atoms with Crippen LogP contribution in [0, 0.1) is 5.92 Å². The molecule has 0 spiro atoms. The molecule has 1 saturated carbocycles. The van der Waals surface area contributed by atoms with Gasteiger partial charge in [0.25, 0.3) is 0 Å². The van der Waals surface area contributed by atoms with Crippen molar-refractivity contribution in [2.75, 3.05) is 11.9 Å². The third-order valence-corrected chi connectivity index (χ3v) is 3.37. The zero-order valence-corrected chi connectivity index (χ0v) is 9.87. The molecule has 2 unspecified atom stereocenters. The van der Waals surface area contributed by atoms with Gasteiger partial charge in [0, 0.05) is 6.04 Å². The van der Waals surface area contributed by atoms with Gasteiger partial charge in [0.15, 0.2) is 0 Å². The Hall–Kier alpha value is -1.30. The highest BCUT2D eigenvalue weighted by molar-refractivity contribution is 5.42. The van der Waals surface area contributed by atoms with Crippen molar-refractivity contribution in [1.29, 1.82) is 0 Å². The van der Waals surface area contributed by atoms with Crippen molar-refractivity contribution < 1.29 is 13.2 Å². The number of anilines is 1. The van der Waals surface area contributed by atoms with E-state index in [1.54, 1.807) is 0 Å². The third-order valence-electron chi connectivity index (χ3n) is 3.37. The molecule has 100 valence electrons. The molecule has 0 amide bonds. The lowest BCUT2D eigenvalue weighted by atomic mass is 10.0.